The van der Waals surface area contributed by atoms with Crippen molar-refractivity contribution in [2.45, 2.75) is 45.2 Å². The Balaban J connectivity index is 1.80. The number of nitrogens with one attached hydrogen (secondary N) is 1. The van der Waals surface area contributed by atoms with Crippen LogP contribution in [0, 0.1) is 0 Å². The first-order valence-corrected chi connectivity index (χ1v) is 7.38. The summed E-state index contributed by atoms with van der Waals surface area (Å²) >= 11 is 6.13. The number of anilines is 2. The standard InChI is InChI=1S/C13H18ClN7/c1-7(2)13-20-19-9-4-3-8(5-21(9)13)18-12-10(14)11(15)16-6-17-12/h6-8H,3-5H2,1-2H3,(H3,15,16,17,18). The maximum Gasteiger partial charge on any atom is 0.150 e. The summed E-state index contributed by atoms with van der Waals surface area (Å²) in [5.41, 5.74) is 5.70. The molecule has 2 aromatic heterocycles. The minimum atomic E-state index is 0.220. The Morgan fingerprint density at radius 1 is 1.38 bits per heavy atom. The van der Waals surface area contributed by atoms with E-state index in [1.54, 1.807) is 0 Å². The van der Waals surface area contributed by atoms with Gasteiger partial charge in [0.2, 0.25) is 0 Å². The summed E-state index contributed by atoms with van der Waals surface area (Å²) in [4.78, 5) is 8.03. The number of nitrogens with two attached hydrogens (primary N) is 1. The van der Waals surface area contributed by atoms with Crippen LogP contribution < -0.4 is 11.1 Å². The molecule has 1 aliphatic rings. The van der Waals surface area contributed by atoms with Crippen molar-refractivity contribution < 1.29 is 0 Å². The van der Waals surface area contributed by atoms with E-state index in [0.29, 0.717) is 16.8 Å². The molecule has 0 saturated carbocycles. The van der Waals surface area contributed by atoms with E-state index in [9.17, 15) is 0 Å². The number of hydrogen-bond acceptors (Lipinski definition) is 6. The number of aryl methyl sites for hydroxylation is 1. The van der Waals surface area contributed by atoms with E-state index in [0.717, 1.165) is 31.0 Å². The third-order valence-electron chi connectivity index (χ3n) is 3.65. The Morgan fingerprint density at radius 3 is 2.95 bits per heavy atom. The Morgan fingerprint density at radius 2 is 2.19 bits per heavy atom. The lowest BCUT2D eigenvalue weighted by Crippen LogP contribution is -2.32. The molecule has 21 heavy (non-hydrogen) atoms. The lowest BCUT2D eigenvalue weighted by molar-refractivity contribution is 0.458. The van der Waals surface area contributed by atoms with Crippen molar-refractivity contribution in [2.75, 3.05) is 11.1 Å². The van der Waals surface area contributed by atoms with Gasteiger partial charge in [-0.15, -0.1) is 10.2 Å². The van der Waals surface area contributed by atoms with Gasteiger partial charge in [0.05, 0.1) is 0 Å². The largest absolute Gasteiger partial charge is 0.382 e. The predicted molar refractivity (Wildman–Crippen MR) is 81.3 cm³/mol. The molecule has 112 valence electrons. The number of fused-ring (bicyclic) bond motifs is 1. The van der Waals surface area contributed by atoms with E-state index in [1.807, 2.05) is 0 Å². The van der Waals surface area contributed by atoms with E-state index in [-0.39, 0.29) is 11.9 Å². The molecule has 0 bridgehead atoms. The summed E-state index contributed by atoms with van der Waals surface area (Å²) in [6.07, 6.45) is 3.25. The Bertz CT molecular complexity index is 652. The van der Waals surface area contributed by atoms with Crippen molar-refractivity contribution in [3.8, 4) is 0 Å². The SMILES string of the molecule is CC(C)c1nnc2n1CC(Nc1ncnc(N)c1Cl)CC2. The van der Waals surface area contributed by atoms with Gasteiger partial charge in [0.1, 0.15) is 28.8 Å². The maximum absolute atomic E-state index is 6.13. The van der Waals surface area contributed by atoms with Crippen LogP contribution in [0.25, 0.3) is 0 Å². The van der Waals surface area contributed by atoms with E-state index < -0.39 is 0 Å². The molecule has 2 aromatic rings. The highest BCUT2D eigenvalue weighted by atomic mass is 35.5. The molecule has 7 nitrogen and oxygen atoms in total. The van der Waals surface area contributed by atoms with Crippen molar-refractivity contribution in [1.82, 2.24) is 24.7 Å². The van der Waals surface area contributed by atoms with Gasteiger partial charge in [-0.3, -0.25) is 0 Å². The number of rotatable bonds is 3. The van der Waals surface area contributed by atoms with Gasteiger partial charge >= 0.3 is 0 Å². The summed E-state index contributed by atoms with van der Waals surface area (Å²) in [6.45, 7) is 5.04. The third-order valence-corrected chi connectivity index (χ3v) is 4.02. The van der Waals surface area contributed by atoms with Crippen LogP contribution in [0.3, 0.4) is 0 Å². The minimum Gasteiger partial charge on any atom is -0.382 e. The van der Waals surface area contributed by atoms with Crippen molar-refractivity contribution in [3.05, 3.63) is 23.0 Å². The van der Waals surface area contributed by atoms with E-state index in [2.05, 4.69) is 43.9 Å². The van der Waals surface area contributed by atoms with Crippen LogP contribution in [-0.4, -0.2) is 30.8 Å². The van der Waals surface area contributed by atoms with Crippen LogP contribution in [0.2, 0.25) is 5.02 Å². The zero-order valence-electron chi connectivity index (χ0n) is 12.0. The molecule has 0 radical (unpaired) electrons. The molecular formula is C13H18ClN7. The maximum atomic E-state index is 6.13. The first-order chi connectivity index (χ1) is 10.1. The lowest BCUT2D eigenvalue weighted by atomic mass is 10.1. The topological polar surface area (TPSA) is 94.5 Å². The minimum absolute atomic E-state index is 0.220. The number of hydrogen-bond donors (Lipinski definition) is 2. The van der Waals surface area contributed by atoms with Gasteiger partial charge in [-0.25, -0.2) is 9.97 Å². The van der Waals surface area contributed by atoms with Crippen LogP contribution in [0.15, 0.2) is 6.33 Å². The van der Waals surface area contributed by atoms with Crippen LogP contribution in [0.1, 0.15) is 37.8 Å². The lowest BCUT2D eigenvalue weighted by Gasteiger charge is -2.26. The summed E-state index contributed by atoms with van der Waals surface area (Å²) < 4.78 is 2.18. The quantitative estimate of drug-likeness (QED) is 0.898. The fraction of sp³-hybridized carbons (Fsp3) is 0.538. The first-order valence-electron chi connectivity index (χ1n) is 7.00. The van der Waals surface area contributed by atoms with Gasteiger partial charge in [-0.2, -0.15) is 0 Å². The van der Waals surface area contributed by atoms with Crippen LogP contribution in [0.4, 0.5) is 11.6 Å². The van der Waals surface area contributed by atoms with Gasteiger partial charge in [-0.05, 0) is 6.42 Å². The highest BCUT2D eigenvalue weighted by Gasteiger charge is 2.24. The fourth-order valence-corrected chi connectivity index (χ4v) is 2.72. The van der Waals surface area contributed by atoms with Gasteiger partial charge in [0.25, 0.3) is 0 Å². The molecule has 0 spiro atoms. The van der Waals surface area contributed by atoms with Crippen LogP contribution in [0.5, 0.6) is 0 Å². The molecule has 8 heteroatoms. The predicted octanol–water partition coefficient (Wildman–Crippen LogP) is 1.85. The molecule has 3 rings (SSSR count). The third kappa shape index (κ3) is 2.65. The molecule has 0 amide bonds. The average Bonchev–Trinajstić information content (AvgIpc) is 2.87. The molecule has 1 unspecified atom stereocenters. The van der Waals surface area contributed by atoms with E-state index in [4.69, 9.17) is 17.3 Å². The van der Waals surface area contributed by atoms with Crippen molar-refractivity contribution >= 4 is 23.2 Å². The number of halogens is 1. The summed E-state index contributed by atoms with van der Waals surface area (Å²) in [5.74, 6) is 3.28. The van der Waals surface area contributed by atoms with Crippen molar-refractivity contribution in [2.24, 2.45) is 0 Å². The molecule has 0 fully saturated rings. The Kier molecular flexibility index (Phi) is 3.67. The molecule has 3 heterocycles. The summed E-state index contributed by atoms with van der Waals surface area (Å²) in [6, 6.07) is 0.220. The number of nitrogens with zero attached hydrogens (tertiary/aromatic N) is 5. The Labute approximate surface area is 127 Å². The first kappa shape index (κ1) is 14.1. The molecule has 0 aromatic carbocycles. The molecule has 1 atom stereocenters. The highest BCUT2D eigenvalue weighted by Crippen LogP contribution is 2.26. The van der Waals surface area contributed by atoms with Gasteiger partial charge in [-0.1, -0.05) is 25.4 Å². The van der Waals surface area contributed by atoms with Gasteiger partial charge in [0.15, 0.2) is 5.82 Å². The molecule has 0 saturated heterocycles. The van der Waals surface area contributed by atoms with Gasteiger partial charge in [0, 0.05) is 24.9 Å². The summed E-state index contributed by atoms with van der Waals surface area (Å²) in [7, 11) is 0. The second-order valence-electron chi connectivity index (χ2n) is 5.54. The molecule has 0 aliphatic carbocycles. The average molecular weight is 308 g/mol. The zero-order valence-corrected chi connectivity index (χ0v) is 12.8. The van der Waals surface area contributed by atoms with Crippen molar-refractivity contribution in [1.29, 1.82) is 0 Å². The molecule has 1 aliphatic heterocycles. The molecular weight excluding hydrogens is 290 g/mol. The number of aromatic nitrogens is 5. The smallest absolute Gasteiger partial charge is 0.150 e. The van der Waals surface area contributed by atoms with Gasteiger partial charge < -0.3 is 15.6 Å². The second kappa shape index (κ2) is 5.48. The molecule has 3 N–H and O–H groups in total. The van der Waals surface area contributed by atoms with E-state index >= 15 is 0 Å². The second-order valence-corrected chi connectivity index (χ2v) is 5.92. The van der Waals surface area contributed by atoms with Crippen LogP contribution in [-0.2, 0) is 13.0 Å². The number of nitrogen functional groups attached to an aromatic ring is 1. The highest BCUT2D eigenvalue weighted by molar-refractivity contribution is 6.35. The van der Waals surface area contributed by atoms with E-state index in [1.165, 1.54) is 6.33 Å². The normalized spacial score (nSPS) is 17.8. The summed E-state index contributed by atoms with van der Waals surface area (Å²) in [5, 5.41) is 12.3. The van der Waals surface area contributed by atoms with Crippen molar-refractivity contribution in [3.63, 3.8) is 0 Å². The fourth-order valence-electron chi connectivity index (χ4n) is 2.57. The Hall–Kier alpha value is -1.89. The monoisotopic (exact) mass is 307 g/mol. The van der Waals surface area contributed by atoms with Crippen LogP contribution >= 0.6 is 11.6 Å². The zero-order chi connectivity index (χ0) is 15.0.